The van der Waals surface area contributed by atoms with E-state index in [4.69, 9.17) is 4.74 Å². The number of ether oxygens (including phenoxy) is 2. The third kappa shape index (κ3) is 5.18. The highest BCUT2D eigenvalue weighted by Gasteiger charge is 2.00. The zero-order chi connectivity index (χ0) is 10.9. The minimum Gasteiger partial charge on any atom is -0.464 e. The molecule has 0 saturated carbocycles. The van der Waals surface area contributed by atoms with Crippen LogP contribution in [0.4, 0.5) is 0 Å². The van der Waals surface area contributed by atoms with Crippen molar-refractivity contribution in [3.05, 3.63) is 35.9 Å². The average molecular weight is 208 g/mol. The molecule has 0 spiro atoms. The normalized spacial score (nSPS) is 9.93. The standard InChI is InChI=1S/C12H16O3/c1-14-10-12(13)15-9-5-8-11-6-3-2-4-7-11/h2-4,6-7H,5,8-10H2,1H3. The molecule has 0 unspecified atom stereocenters. The predicted molar refractivity (Wildman–Crippen MR) is 57.6 cm³/mol. The van der Waals surface area contributed by atoms with Crippen molar-refractivity contribution in [1.82, 2.24) is 0 Å². The summed E-state index contributed by atoms with van der Waals surface area (Å²) in [6, 6.07) is 10.1. The van der Waals surface area contributed by atoms with E-state index in [1.807, 2.05) is 18.2 Å². The molecule has 0 saturated heterocycles. The monoisotopic (exact) mass is 208 g/mol. The van der Waals surface area contributed by atoms with Gasteiger partial charge in [-0.2, -0.15) is 0 Å². The fourth-order valence-electron chi connectivity index (χ4n) is 1.27. The van der Waals surface area contributed by atoms with Crippen LogP contribution in [0.15, 0.2) is 30.3 Å². The number of hydrogen-bond donors (Lipinski definition) is 0. The Balaban J connectivity index is 2.10. The minimum absolute atomic E-state index is 0.0331. The lowest BCUT2D eigenvalue weighted by Crippen LogP contribution is -2.12. The summed E-state index contributed by atoms with van der Waals surface area (Å²) >= 11 is 0. The summed E-state index contributed by atoms with van der Waals surface area (Å²) in [5, 5.41) is 0. The second-order valence-corrected chi connectivity index (χ2v) is 3.24. The Hall–Kier alpha value is -1.35. The first-order chi connectivity index (χ1) is 7.33. The number of rotatable bonds is 6. The zero-order valence-electron chi connectivity index (χ0n) is 8.94. The van der Waals surface area contributed by atoms with E-state index >= 15 is 0 Å². The molecule has 0 amide bonds. The van der Waals surface area contributed by atoms with Gasteiger partial charge in [-0.15, -0.1) is 0 Å². The first kappa shape index (κ1) is 11.7. The van der Waals surface area contributed by atoms with Gasteiger partial charge in [0.05, 0.1) is 6.61 Å². The number of aryl methyl sites for hydroxylation is 1. The van der Waals surface area contributed by atoms with Gasteiger partial charge in [-0.3, -0.25) is 0 Å². The summed E-state index contributed by atoms with van der Waals surface area (Å²) in [5.74, 6) is -0.300. The van der Waals surface area contributed by atoms with Gasteiger partial charge in [0.2, 0.25) is 0 Å². The van der Waals surface area contributed by atoms with E-state index in [0.717, 1.165) is 12.8 Å². The fourth-order valence-corrected chi connectivity index (χ4v) is 1.27. The Bertz CT molecular complexity index is 282. The maximum atomic E-state index is 10.9. The number of benzene rings is 1. The van der Waals surface area contributed by atoms with Crippen molar-refractivity contribution in [1.29, 1.82) is 0 Å². The number of carbonyl (C=O) groups excluding carboxylic acids is 1. The van der Waals surface area contributed by atoms with Crippen LogP contribution in [0, 0.1) is 0 Å². The molecule has 3 heteroatoms. The molecule has 1 aromatic carbocycles. The van der Waals surface area contributed by atoms with Crippen LogP contribution >= 0.6 is 0 Å². The van der Waals surface area contributed by atoms with Gasteiger partial charge in [0.1, 0.15) is 6.61 Å². The number of hydrogen-bond acceptors (Lipinski definition) is 3. The van der Waals surface area contributed by atoms with Crippen molar-refractivity contribution in [2.24, 2.45) is 0 Å². The Labute approximate surface area is 90.0 Å². The molecule has 0 fully saturated rings. The predicted octanol–water partition coefficient (Wildman–Crippen LogP) is 1.81. The highest BCUT2D eigenvalue weighted by molar-refractivity contribution is 5.70. The SMILES string of the molecule is COCC(=O)OCCCc1ccccc1. The molecule has 1 rings (SSSR count). The maximum absolute atomic E-state index is 10.9. The maximum Gasteiger partial charge on any atom is 0.332 e. The molecule has 0 heterocycles. The van der Waals surface area contributed by atoms with Gasteiger partial charge in [-0.05, 0) is 18.4 Å². The van der Waals surface area contributed by atoms with Crippen LogP contribution in [0.2, 0.25) is 0 Å². The molecule has 0 aromatic heterocycles. The van der Waals surface area contributed by atoms with E-state index in [1.165, 1.54) is 12.7 Å². The van der Waals surface area contributed by atoms with E-state index in [2.05, 4.69) is 16.9 Å². The Morgan fingerprint density at radius 2 is 2.00 bits per heavy atom. The lowest BCUT2D eigenvalue weighted by atomic mass is 10.1. The van der Waals surface area contributed by atoms with Crippen LogP contribution in [0.3, 0.4) is 0 Å². The number of methoxy groups -OCH3 is 1. The first-order valence-electron chi connectivity index (χ1n) is 5.01. The summed E-state index contributed by atoms with van der Waals surface area (Å²) in [4.78, 5) is 10.9. The second kappa shape index (κ2) is 7.01. The number of carbonyl (C=O) groups is 1. The molecule has 0 aliphatic heterocycles. The van der Waals surface area contributed by atoms with E-state index in [-0.39, 0.29) is 12.6 Å². The largest absolute Gasteiger partial charge is 0.464 e. The molecular weight excluding hydrogens is 192 g/mol. The van der Waals surface area contributed by atoms with Crippen molar-refractivity contribution in [2.75, 3.05) is 20.3 Å². The molecule has 3 nitrogen and oxygen atoms in total. The van der Waals surface area contributed by atoms with Crippen molar-refractivity contribution >= 4 is 5.97 Å². The van der Waals surface area contributed by atoms with Gasteiger partial charge < -0.3 is 9.47 Å². The number of esters is 1. The summed E-state index contributed by atoms with van der Waals surface area (Å²) in [6.07, 6.45) is 1.78. The summed E-state index contributed by atoms with van der Waals surface area (Å²) in [7, 11) is 1.48. The third-order valence-electron chi connectivity index (χ3n) is 1.98. The molecule has 0 aliphatic rings. The minimum atomic E-state index is -0.300. The van der Waals surface area contributed by atoms with Gasteiger partial charge in [0.25, 0.3) is 0 Å². The molecule has 0 bridgehead atoms. The van der Waals surface area contributed by atoms with Crippen LogP contribution in [-0.2, 0) is 20.7 Å². The molecule has 15 heavy (non-hydrogen) atoms. The second-order valence-electron chi connectivity index (χ2n) is 3.24. The van der Waals surface area contributed by atoms with Crippen molar-refractivity contribution < 1.29 is 14.3 Å². The van der Waals surface area contributed by atoms with Crippen molar-refractivity contribution in [3.8, 4) is 0 Å². The third-order valence-corrected chi connectivity index (χ3v) is 1.98. The Morgan fingerprint density at radius 1 is 1.27 bits per heavy atom. The van der Waals surface area contributed by atoms with Crippen molar-refractivity contribution in [3.63, 3.8) is 0 Å². The zero-order valence-corrected chi connectivity index (χ0v) is 8.94. The molecule has 82 valence electrons. The molecule has 0 radical (unpaired) electrons. The lowest BCUT2D eigenvalue weighted by Gasteiger charge is -2.03. The fraction of sp³-hybridized carbons (Fsp3) is 0.417. The molecule has 0 atom stereocenters. The molecule has 1 aromatic rings. The molecule has 0 aliphatic carbocycles. The van der Waals surface area contributed by atoms with Gasteiger partial charge >= 0.3 is 5.97 Å². The Kier molecular flexibility index (Phi) is 5.48. The summed E-state index contributed by atoms with van der Waals surface area (Å²) < 4.78 is 9.58. The van der Waals surface area contributed by atoms with E-state index in [1.54, 1.807) is 0 Å². The van der Waals surface area contributed by atoms with Gasteiger partial charge in [0, 0.05) is 7.11 Å². The van der Waals surface area contributed by atoms with Crippen LogP contribution in [0.5, 0.6) is 0 Å². The van der Waals surface area contributed by atoms with Crippen LogP contribution in [0.1, 0.15) is 12.0 Å². The molecule has 0 N–H and O–H groups in total. The average Bonchev–Trinajstić information content (AvgIpc) is 2.26. The van der Waals surface area contributed by atoms with E-state index in [9.17, 15) is 4.79 Å². The highest BCUT2D eigenvalue weighted by Crippen LogP contribution is 2.02. The van der Waals surface area contributed by atoms with Gasteiger partial charge in [0.15, 0.2) is 0 Å². The quantitative estimate of drug-likeness (QED) is 0.528. The van der Waals surface area contributed by atoms with Crippen LogP contribution in [0.25, 0.3) is 0 Å². The van der Waals surface area contributed by atoms with Crippen molar-refractivity contribution in [2.45, 2.75) is 12.8 Å². The smallest absolute Gasteiger partial charge is 0.332 e. The van der Waals surface area contributed by atoms with Crippen LogP contribution in [-0.4, -0.2) is 26.3 Å². The van der Waals surface area contributed by atoms with Gasteiger partial charge in [-0.25, -0.2) is 4.79 Å². The summed E-state index contributed by atoms with van der Waals surface area (Å²) in [5.41, 5.74) is 1.26. The first-order valence-corrected chi connectivity index (χ1v) is 5.01. The highest BCUT2D eigenvalue weighted by atomic mass is 16.6. The van der Waals surface area contributed by atoms with E-state index in [0.29, 0.717) is 6.61 Å². The topological polar surface area (TPSA) is 35.5 Å². The Morgan fingerprint density at radius 3 is 2.67 bits per heavy atom. The van der Waals surface area contributed by atoms with E-state index < -0.39 is 0 Å². The lowest BCUT2D eigenvalue weighted by molar-refractivity contribution is -0.147. The summed E-state index contributed by atoms with van der Waals surface area (Å²) in [6.45, 7) is 0.489. The van der Waals surface area contributed by atoms with Gasteiger partial charge in [-0.1, -0.05) is 30.3 Å². The van der Waals surface area contributed by atoms with Crippen LogP contribution < -0.4 is 0 Å². The molecular formula is C12H16O3.